The van der Waals surface area contributed by atoms with Crippen LogP contribution in [-0.2, 0) is 22.0 Å². The van der Waals surface area contributed by atoms with Gasteiger partial charge in [0.1, 0.15) is 0 Å². The van der Waals surface area contributed by atoms with Crippen LogP contribution in [0, 0.1) is 0 Å². The number of piperidine rings is 1. The van der Waals surface area contributed by atoms with Crippen LogP contribution in [0.5, 0.6) is 0 Å². The van der Waals surface area contributed by atoms with Crippen LogP contribution in [0.25, 0.3) is 0 Å². The lowest BCUT2D eigenvalue weighted by atomic mass is 10.0. The van der Waals surface area contributed by atoms with E-state index in [2.05, 4.69) is 11.9 Å². The van der Waals surface area contributed by atoms with E-state index in [0.717, 1.165) is 23.4 Å². The molecule has 1 N–H and O–H groups in total. The topological polar surface area (TPSA) is 57.6 Å². The van der Waals surface area contributed by atoms with Crippen molar-refractivity contribution in [2.75, 3.05) is 19.3 Å². The van der Waals surface area contributed by atoms with Crippen LogP contribution < -0.4 is 0 Å². The van der Waals surface area contributed by atoms with Gasteiger partial charge in [-0.2, -0.15) is 0 Å². The number of rotatable bonds is 6. The Kier molecular flexibility index (Phi) is 5.94. The van der Waals surface area contributed by atoms with Crippen LogP contribution in [0.2, 0.25) is 0 Å². The summed E-state index contributed by atoms with van der Waals surface area (Å²) < 4.78 is 12.3. The quantitative estimate of drug-likeness (QED) is 0.876. The minimum Gasteiger partial charge on any atom is -0.481 e. The van der Waals surface area contributed by atoms with Crippen LogP contribution >= 0.6 is 0 Å². The molecular weight excluding hydrogens is 286 g/mol. The largest absolute Gasteiger partial charge is 0.481 e. The second kappa shape index (κ2) is 7.71. The van der Waals surface area contributed by atoms with Gasteiger partial charge in [0.05, 0.1) is 17.2 Å². The Bertz CT molecular complexity index is 501. The maximum atomic E-state index is 12.3. The Balaban J connectivity index is 1.86. The van der Waals surface area contributed by atoms with Gasteiger partial charge in [-0.3, -0.25) is 9.00 Å². The summed E-state index contributed by atoms with van der Waals surface area (Å²) in [6.45, 7) is 1.14. The van der Waals surface area contributed by atoms with Gasteiger partial charge in [0.25, 0.3) is 0 Å². The van der Waals surface area contributed by atoms with E-state index in [0.29, 0.717) is 11.8 Å². The van der Waals surface area contributed by atoms with Gasteiger partial charge in [0.15, 0.2) is 0 Å². The van der Waals surface area contributed by atoms with Crippen molar-refractivity contribution in [2.24, 2.45) is 0 Å². The van der Waals surface area contributed by atoms with Crippen molar-refractivity contribution >= 4 is 16.8 Å². The second-order valence-corrected chi connectivity index (χ2v) is 7.25. The van der Waals surface area contributed by atoms with Crippen molar-refractivity contribution in [1.29, 1.82) is 0 Å². The maximum absolute atomic E-state index is 12.3. The molecule has 1 aliphatic heterocycles. The van der Waals surface area contributed by atoms with Crippen molar-refractivity contribution < 1.29 is 14.1 Å². The molecule has 0 spiro atoms. The number of likely N-dealkylation sites (tertiary alicyclic amines) is 1. The van der Waals surface area contributed by atoms with E-state index in [-0.39, 0.29) is 6.42 Å². The molecule has 5 heteroatoms. The zero-order valence-corrected chi connectivity index (χ0v) is 13.3. The number of carbonyl (C=O) groups is 1. The number of carboxylic acid groups (broad SMARTS) is 1. The van der Waals surface area contributed by atoms with Gasteiger partial charge in [-0.25, -0.2) is 0 Å². The van der Waals surface area contributed by atoms with Gasteiger partial charge >= 0.3 is 5.97 Å². The summed E-state index contributed by atoms with van der Waals surface area (Å²) in [4.78, 5) is 13.8. The molecule has 21 heavy (non-hydrogen) atoms. The Labute approximate surface area is 128 Å². The van der Waals surface area contributed by atoms with Gasteiger partial charge in [0.2, 0.25) is 0 Å². The molecule has 0 amide bonds. The molecule has 1 heterocycles. The highest BCUT2D eigenvalue weighted by Gasteiger charge is 2.19. The van der Waals surface area contributed by atoms with Gasteiger partial charge < -0.3 is 10.0 Å². The molecule has 1 aliphatic rings. The molecule has 1 fully saturated rings. The van der Waals surface area contributed by atoms with E-state index < -0.39 is 16.8 Å². The smallest absolute Gasteiger partial charge is 0.307 e. The Morgan fingerprint density at radius 1 is 1.33 bits per heavy atom. The molecule has 1 aromatic rings. The molecule has 2 atom stereocenters. The fourth-order valence-electron chi connectivity index (χ4n) is 2.80. The van der Waals surface area contributed by atoms with E-state index in [9.17, 15) is 9.00 Å². The average molecular weight is 309 g/mol. The predicted octanol–water partition coefficient (Wildman–Crippen LogP) is 2.30. The summed E-state index contributed by atoms with van der Waals surface area (Å²) in [6, 6.07) is 7.65. The summed E-state index contributed by atoms with van der Waals surface area (Å²) in [6.07, 6.45) is 4.71. The highest BCUT2D eigenvalue weighted by atomic mass is 32.2. The lowest BCUT2D eigenvalue weighted by Gasteiger charge is -2.32. The third-order valence-corrected chi connectivity index (χ3v) is 5.50. The van der Waals surface area contributed by atoms with Crippen LogP contribution in [0.1, 0.15) is 31.2 Å². The average Bonchev–Trinajstić information content (AvgIpc) is 2.46. The van der Waals surface area contributed by atoms with Gasteiger partial charge in [-0.05, 0) is 50.6 Å². The molecule has 0 aliphatic carbocycles. The van der Waals surface area contributed by atoms with Crippen molar-refractivity contribution in [3.8, 4) is 0 Å². The molecule has 2 unspecified atom stereocenters. The number of benzene rings is 1. The highest BCUT2D eigenvalue weighted by molar-refractivity contribution is 7.85. The monoisotopic (exact) mass is 309 g/mol. The number of nitrogens with zero attached hydrogens (tertiary/aromatic N) is 1. The number of hydrogen-bond acceptors (Lipinski definition) is 3. The molecule has 2 rings (SSSR count). The zero-order valence-electron chi connectivity index (χ0n) is 12.5. The SMILES string of the molecule is CN1CCCCC1CCS(=O)c1ccc(CC(=O)O)cc1. The van der Waals surface area contributed by atoms with E-state index in [1.807, 2.05) is 0 Å². The van der Waals surface area contributed by atoms with Crippen molar-refractivity contribution in [1.82, 2.24) is 4.90 Å². The second-order valence-electron chi connectivity index (χ2n) is 5.68. The molecule has 1 aromatic carbocycles. The van der Waals surface area contributed by atoms with Crippen molar-refractivity contribution in [3.05, 3.63) is 29.8 Å². The predicted molar refractivity (Wildman–Crippen MR) is 83.9 cm³/mol. The molecule has 116 valence electrons. The van der Waals surface area contributed by atoms with E-state index >= 15 is 0 Å². The Morgan fingerprint density at radius 2 is 2.05 bits per heavy atom. The van der Waals surface area contributed by atoms with Gasteiger partial charge in [0, 0.05) is 16.7 Å². The van der Waals surface area contributed by atoms with Crippen LogP contribution in [0.3, 0.4) is 0 Å². The van der Waals surface area contributed by atoms with Crippen LogP contribution in [0.15, 0.2) is 29.2 Å². The van der Waals surface area contributed by atoms with E-state index in [1.165, 1.54) is 19.3 Å². The molecule has 4 nitrogen and oxygen atoms in total. The Hall–Kier alpha value is -1.20. The lowest BCUT2D eigenvalue weighted by Crippen LogP contribution is -2.37. The summed E-state index contributed by atoms with van der Waals surface area (Å²) in [5.41, 5.74) is 0.746. The molecule has 0 saturated carbocycles. The lowest BCUT2D eigenvalue weighted by molar-refractivity contribution is -0.136. The highest BCUT2D eigenvalue weighted by Crippen LogP contribution is 2.19. The number of hydrogen-bond donors (Lipinski definition) is 1. The normalized spacial score (nSPS) is 21.1. The summed E-state index contributed by atoms with van der Waals surface area (Å²) >= 11 is 0. The van der Waals surface area contributed by atoms with Crippen molar-refractivity contribution in [2.45, 2.75) is 43.0 Å². The molecule has 0 aromatic heterocycles. The molecular formula is C16H23NO3S. The molecule has 0 radical (unpaired) electrons. The standard InChI is InChI=1S/C16H23NO3S/c1-17-10-3-2-4-14(17)9-11-21(20)15-7-5-13(6-8-15)12-16(18)19/h5-8,14H,2-4,9-12H2,1H3,(H,18,19). The Morgan fingerprint density at radius 3 is 2.67 bits per heavy atom. The first kappa shape index (κ1) is 16.2. The fourth-order valence-corrected chi connectivity index (χ4v) is 3.96. The third kappa shape index (κ3) is 4.93. The van der Waals surface area contributed by atoms with Crippen LogP contribution in [0.4, 0.5) is 0 Å². The minimum atomic E-state index is -0.995. The third-order valence-electron chi connectivity index (χ3n) is 4.10. The summed E-state index contributed by atoms with van der Waals surface area (Å²) in [5.74, 6) is -0.169. The van der Waals surface area contributed by atoms with Gasteiger partial charge in [-0.1, -0.05) is 18.6 Å². The summed E-state index contributed by atoms with van der Waals surface area (Å²) in [5, 5.41) is 8.73. The molecule has 0 bridgehead atoms. The first-order valence-electron chi connectivity index (χ1n) is 7.45. The van der Waals surface area contributed by atoms with Crippen LogP contribution in [-0.4, -0.2) is 45.6 Å². The van der Waals surface area contributed by atoms with Gasteiger partial charge in [-0.15, -0.1) is 0 Å². The zero-order chi connectivity index (χ0) is 15.2. The maximum Gasteiger partial charge on any atom is 0.307 e. The first-order chi connectivity index (χ1) is 10.1. The van der Waals surface area contributed by atoms with E-state index in [4.69, 9.17) is 5.11 Å². The minimum absolute atomic E-state index is 0.0137. The van der Waals surface area contributed by atoms with E-state index in [1.54, 1.807) is 24.3 Å². The number of aliphatic carboxylic acids is 1. The summed E-state index contributed by atoms with van der Waals surface area (Å²) in [7, 11) is 1.15. The first-order valence-corrected chi connectivity index (χ1v) is 8.77. The number of carboxylic acids is 1. The fraction of sp³-hybridized carbons (Fsp3) is 0.562. The van der Waals surface area contributed by atoms with Crippen molar-refractivity contribution in [3.63, 3.8) is 0 Å². The molecule has 1 saturated heterocycles.